The Bertz CT molecular complexity index is 494. The average Bonchev–Trinajstić information content (AvgIpc) is 2.46. The van der Waals surface area contributed by atoms with Crippen molar-refractivity contribution in [2.24, 2.45) is 0 Å². The minimum Gasteiger partial charge on any atom is -0.399 e. The van der Waals surface area contributed by atoms with E-state index in [1.165, 1.54) is 11.1 Å². The molecule has 2 aromatic carbocycles. The highest BCUT2D eigenvalue weighted by Crippen LogP contribution is 2.12. The molecule has 0 aliphatic rings. The van der Waals surface area contributed by atoms with Gasteiger partial charge in [-0.1, -0.05) is 55.5 Å². The van der Waals surface area contributed by atoms with Gasteiger partial charge in [0, 0.05) is 18.8 Å². The van der Waals surface area contributed by atoms with E-state index in [1.54, 1.807) is 0 Å². The van der Waals surface area contributed by atoms with E-state index >= 15 is 0 Å². The maximum Gasteiger partial charge on any atom is 0.0347 e. The van der Waals surface area contributed by atoms with Crippen molar-refractivity contribution in [3.63, 3.8) is 0 Å². The van der Waals surface area contributed by atoms with Gasteiger partial charge in [0.05, 0.1) is 0 Å². The summed E-state index contributed by atoms with van der Waals surface area (Å²) in [4.78, 5) is 2.45. The Morgan fingerprint density at radius 1 is 0.947 bits per heavy atom. The molecule has 2 N–H and O–H groups in total. The second kappa shape index (κ2) is 6.95. The monoisotopic (exact) mass is 254 g/mol. The molecule has 0 bridgehead atoms. The van der Waals surface area contributed by atoms with Gasteiger partial charge in [0.25, 0.3) is 0 Å². The molecule has 0 aromatic heterocycles. The third-order valence-corrected chi connectivity index (χ3v) is 3.45. The molecule has 0 atom stereocenters. The normalized spacial score (nSPS) is 10.8. The number of anilines is 1. The molecule has 2 rings (SSSR count). The first-order chi connectivity index (χ1) is 9.29. The summed E-state index contributed by atoms with van der Waals surface area (Å²) in [6.07, 6.45) is 1.01. The Balaban J connectivity index is 1.91. The first kappa shape index (κ1) is 13.6. The van der Waals surface area contributed by atoms with Crippen LogP contribution in [0.5, 0.6) is 0 Å². The highest BCUT2D eigenvalue weighted by Gasteiger charge is 2.05. The van der Waals surface area contributed by atoms with Crippen molar-refractivity contribution < 1.29 is 0 Å². The van der Waals surface area contributed by atoms with Crippen LogP contribution in [0.3, 0.4) is 0 Å². The van der Waals surface area contributed by atoms with E-state index in [-0.39, 0.29) is 0 Å². The summed E-state index contributed by atoms with van der Waals surface area (Å²) in [5.41, 5.74) is 9.49. The maximum absolute atomic E-state index is 5.98. The number of para-hydroxylation sites is 1. The van der Waals surface area contributed by atoms with Crippen LogP contribution in [-0.4, -0.2) is 18.0 Å². The van der Waals surface area contributed by atoms with Crippen LogP contribution in [-0.2, 0) is 13.0 Å². The Morgan fingerprint density at radius 2 is 1.63 bits per heavy atom. The molecule has 0 saturated carbocycles. The van der Waals surface area contributed by atoms with Crippen LogP contribution >= 0.6 is 0 Å². The molecule has 0 radical (unpaired) electrons. The van der Waals surface area contributed by atoms with Crippen LogP contribution in [0.1, 0.15) is 18.1 Å². The van der Waals surface area contributed by atoms with Gasteiger partial charge in [0.2, 0.25) is 0 Å². The van der Waals surface area contributed by atoms with Crippen LogP contribution in [0.25, 0.3) is 0 Å². The zero-order chi connectivity index (χ0) is 13.5. The van der Waals surface area contributed by atoms with Gasteiger partial charge in [-0.2, -0.15) is 0 Å². The van der Waals surface area contributed by atoms with E-state index in [1.807, 2.05) is 12.1 Å². The highest BCUT2D eigenvalue weighted by atomic mass is 15.1. The summed E-state index contributed by atoms with van der Waals surface area (Å²) in [6.45, 7) is 5.31. The van der Waals surface area contributed by atoms with E-state index in [0.29, 0.717) is 0 Å². The van der Waals surface area contributed by atoms with Gasteiger partial charge in [0.15, 0.2) is 0 Å². The lowest BCUT2D eigenvalue weighted by atomic mass is 10.1. The van der Waals surface area contributed by atoms with E-state index in [4.69, 9.17) is 5.73 Å². The molecule has 100 valence electrons. The quantitative estimate of drug-likeness (QED) is 0.801. The van der Waals surface area contributed by atoms with Gasteiger partial charge < -0.3 is 5.73 Å². The summed E-state index contributed by atoms with van der Waals surface area (Å²) < 4.78 is 0. The summed E-state index contributed by atoms with van der Waals surface area (Å²) in [6, 6.07) is 18.7. The van der Waals surface area contributed by atoms with Crippen molar-refractivity contribution in [1.82, 2.24) is 4.90 Å². The summed E-state index contributed by atoms with van der Waals surface area (Å²) in [7, 11) is 0. The Hall–Kier alpha value is -1.80. The van der Waals surface area contributed by atoms with Crippen LogP contribution < -0.4 is 5.73 Å². The van der Waals surface area contributed by atoms with Crippen molar-refractivity contribution >= 4 is 5.69 Å². The molecule has 0 aliphatic carbocycles. The smallest absolute Gasteiger partial charge is 0.0347 e. The second-order valence-electron chi connectivity index (χ2n) is 4.80. The molecule has 2 aromatic rings. The van der Waals surface area contributed by atoms with Crippen molar-refractivity contribution in [3.05, 3.63) is 65.7 Å². The highest BCUT2D eigenvalue weighted by molar-refractivity contribution is 5.46. The zero-order valence-electron chi connectivity index (χ0n) is 11.5. The molecular weight excluding hydrogens is 232 g/mol. The second-order valence-corrected chi connectivity index (χ2v) is 4.80. The number of nitrogens with two attached hydrogens (primary N) is 1. The van der Waals surface area contributed by atoms with Crippen molar-refractivity contribution in [1.29, 1.82) is 0 Å². The molecule has 0 aliphatic heterocycles. The topological polar surface area (TPSA) is 29.3 Å². The predicted octanol–water partition coefficient (Wildman–Crippen LogP) is 3.33. The van der Waals surface area contributed by atoms with Gasteiger partial charge in [-0.3, -0.25) is 4.90 Å². The molecule has 2 heteroatoms. The zero-order valence-corrected chi connectivity index (χ0v) is 11.5. The first-order valence-electron chi connectivity index (χ1n) is 6.89. The molecule has 0 unspecified atom stereocenters. The SMILES string of the molecule is CCN(CCc1ccccc1N)Cc1ccccc1. The molecule has 19 heavy (non-hydrogen) atoms. The lowest BCUT2D eigenvalue weighted by Crippen LogP contribution is -2.25. The molecule has 0 saturated heterocycles. The molecule has 2 nitrogen and oxygen atoms in total. The van der Waals surface area contributed by atoms with Crippen LogP contribution in [0.4, 0.5) is 5.69 Å². The maximum atomic E-state index is 5.98. The standard InChI is InChI=1S/C17H22N2/c1-2-19(14-15-8-4-3-5-9-15)13-12-16-10-6-7-11-17(16)18/h3-11H,2,12-14,18H2,1H3. The summed E-state index contributed by atoms with van der Waals surface area (Å²) in [5, 5.41) is 0. The van der Waals surface area contributed by atoms with E-state index in [0.717, 1.165) is 31.7 Å². The van der Waals surface area contributed by atoms with Gasteiger partial charge >= 0.3 is 0 Å². The minimum atomic E-state index is 0.901. The number of hydrogen-bond donors (Lipinski definition) is 1. The largest absolute Gasteiger partial charge is 0.399 e. The van der Waals surface area contributed by atoms with Crippen molar-refractivity contribution in [3.8, 4) is 0 Å². The summed E-state index contributed by atoms with van der Waals surface area (Å²) in [5.74, 6) is 0. The van der Waals surface area contributed by atoms with E-state index in [9.17, 15) is 0 Å². The van der Waals surface area contributed by atoms with E-state index < -0.39 is 0 Å². The van der Waals surface area contributed by atoms with Gasteiger partial charge in [-0.25, -0.2) is 0 Å². The first-order valence-corrected chi connectivity index (χ1v) is 6.89. The molecule has 0 amide bonds. The fraction of sp³-hybridized carbons (Fsp3) is 0.294. The summed E-state index contributed by atoms with van der Waals surface area (Å²) >= 11 is 0. The predicted molar refractivity (Wildman–Crippen MR) is 82.0 cm³/mol. The van der Waals surface area contributed by atoms with E-state index in [2.05, 4.69) is 54.3 Å². The third kappa shape index (κ3) is 4.11. The molecule has 0 heterocycles. The third-order valence-electron chi connectivity index (χ3n) is 3.45. The van der Waals surface area contributed by atoms with Crippen LogP contribution in [0.2, 0.25) is 0 Å². The molecule has 0 fully saturated rings. The Kier molecular flexibility index (Phi) is 4.99. The van der Waals surface area contributed by atoms with Crippen LogP contribution in [0.15, 0.2) is 54.6 Å². The minimum absolute atomic E-state index is 0.901. The van der Waals surface area contributed by atoms with Crippen LogP contribution in [0, 0.1) is 0 Å². The van der Waals surface area contributed by atoms with Gasteiger partial charge in [-0.05, 0) is 30.2 Å². The number of nitrogen functional groups attached to an aromatic ring is 1. The number of benzene rings is 2. The fourth-order valence-corrected chi connectivity index (χ4v) is 2.23. The van der Waals surface area contributed by atoms with Crippen molar-refractivity contribution in [2.45, 2.75) is 19.9 Å². The Morgan fingerprint density at radius 3 is 2.32 bits per heavy atom. The fourth-order valence-electron chi connectivity index (χ4n) is 2.23. The van der Waals surface area contributed by atoms with Gasteiger partial charge in [0.1, 0.15) is 0 Å². The lowest BCUT2D eigenvalue weighted by molar-refractivity contribution is 0.284. The lowest BCUT2D eigenvalue weighted by Gasteiger charge is -2.20. The van der Waals surface area contributed by atoms with Gasteiger partial charge in [-0.15, -0.1) is 0 Å². The number of rotatable bonds is 6. The number of nitrogens with zero attached hydrogens (tertiary/aromatic N) is 1. The molecule has 0 spiro atoms. The number of likely N-dealkylation sites (N-methyl/N-ethyl adjacent to an activating group) is 1. The Labute approximate surface area is 115 Å². The average molecular weight is 254 g/mol. The molecular formula is C17H22N2. The number of hydrogen-bond acceptors (Lipinski definition) is 2. The van der Waals surface area contributed by atoms with Crippen molar-refractivity contribution in [2.75, 3.05) is 18.8 Å².